The Morgan fingerprint density at radius 2 is 2.12 bits per heavy atom. The highest BCUT2D eigenvalue weighted by molar-refractivity contribution is 9.10. The average Bonchev–Trinajstić information content (AvgIpc) is 3.15. The molecular weight excluding hydrogens is 428 g/mol. The van der Waals surface area contributed by atoms with Crippen LogP contribution >= 0.6 is 27.3 Å². The number of nitrogens with zero attached hydrogens (tertiary/aromatic N) is 3. The summed E-state index contributed by atoms with van der Waals surface area (Å²) in [5.74, 6) is 0. The maximum absolute atomic E-state index is 12.0. The minimum atomic E-state index is -3.30. The monoisotopic (exact) mass is 440 g/mol. The molecule has 25 heavy (non-hydrogen) atoms. The van der Waals surface area contributed by atoms with Gasteiger partial charge in [-0.25, -0.2) is 23.2 Å². The lowest BCUT2D eigenvalue weighted by Gasteiger charge is -2.05. The fourth-order valence-electron chi connectivity index (χ4n) is 2.20. The third-order valence-electron chi connectivity index (χ3n) is 3.34. The van der Waals surface area contributed by atoms with Crippen molar-refractivity contribution in [3.8, 4) is 10.4 Å². The number of anilines is 1. The van der Waals surface area contributed by atoms with Crippen molar-refractivity contribution in [2.45, 2.75) is 11.8 Å². The molecule has 3 aromatic rings. The Bertz CT molecular complexity index is 1040. The van der Waals surface area contributed by atoms with E-state index >= 15 is 0 Å². The van der Waals surface area contributed by atoms with Gasteiger partial charge in [0.25, 0.3) is 0 Å². The molecular formula is C15H13BrN4O3S2. The largest absolute Gasteiger partial charge is 0.333 e. The van der Waals surface area contributed by atoms with E-state index in [4.69, 9.17) is 0 Å². The van der Waals surface area contributed by atoms with Crippen molar-refractivity contribution in [2.24, 2.45) is 0 Å². The molecule has 0 aliphatic heterocycles. The summed E-state index contributed by atoms with van der Waals surface area (Å²) in [5, 5.41) is 3.16. The van der Waals surface area contributed by atoms with Crippen LogP contribution < -0.4 is 5.32 Å². The normalized spacial score (nSPS) is 11.5. The first-order valence-corrected chi connectivity index (χ1v) is 10.5. The zero-order chi connectivity index (χ0) is 18.2. The van der Waals surface area contributed by atoms with Crippen LogP contribution in [-0.4, -0.2) is 35.2 Å². The topological polar surface area (TPSA) is 93.9 Å². The molecule has 2 aromatic heterocycles. The summed E-state index contributed by atoms with van der Waals surface area (Å²) in [7, 11) is -3.30. The quantitative estimate of drug-likeness (QED) is 0.671. The minimum absolute atomic E-state index is 0.229. The van der Waals surface area contributed by atoms with Gasteiger partial charge in [-0.2, -0.15) is 0 Å². The number of benzene rings is 1. The third-order valence-corrected chi connectivity index (χ3v) is 6.54. The van der Waals surface area contributed by atoms with Crippen LogP contribution in [0.25, 0.3) is 10.4 Å². The molecule has 3 rings (SSSR count). The van der Waals surface area contributed by atoms with Gasteiger partial charge >= 0.3 is 6.03 Å². The standard InChI is InChI=1S/C15H13BrN4O3S2/c1-9-13(10-3-4-12(11(16)7-10)25(2,22)23)24-14(18-9)19-15(21)20-6-5-17-8-20/h3-8H,1-2H3,(H,18,19,21). The van der Waals surface area contributed by atoms with E-state index in [0.717, 1.165) is 22.4 Å². The van der Waals surface area contributed by atoms with Crippen molar-refractivity contribution < 1.29 is 13.2 Å². The van der Waals surface area contributed by atoms with Gasteiger partial charge in [0.2, 0.25) is 0 Å². The Labute approximate surface area is 156 Å². The van der Waals surface area contributed by atoms with E-state index in [1.165, 1.54) is 34.6 Å². The smallest absolute Gasteiger partial charge is 0.283 e. The van der Waals surface area contributed by atoms with Crippen LogP contribution in [0.1, 0.15) is 5.69 Å². The van der Waals surface area contributed by atoms with Crippen LogP contribution in [0.2, 0.25) is 0 Å². The second kappa shape index (κ2) is 6.70. The minimum Gasteiger partial charge on any atom is -0.283 e. The third kappa shape index (κ3) is 3.80. The molecule has 2 heterocycles. The number of sulfone groups is 1. The first kappa shape index (κ1) is 17.8. The molecule has 0 atom stereocenters. The lowest BCUT2D eigenvalue weighted by atomic mass is 10.2. The fraction of sp³-hybridized carbons (Fsp3) is 0.133. The number of carbonyl (C=O) groups excluding carboxylic acids is 1. The predicted octanol–water partition coefficient (Wildman–Crippen LogP) is 3.56. The number of nitrogens with one attached hydrogen (secondary N) is 1. The molecule has 0 bridgehead atoms. The zero-order valence-electron chi connectivity index (χ0n) is 13.2. The molecule has 0 fully saturated rings. The number of halogens is 1. The molecule has 0 saturated heterocycles. The fourth-order valence-corrected chi connectivity index (χ4v) is 5.14. The van der Waals surface area contributed by atoms with E-state index in [2.05, 4.69) is 31.2 Å². The lowest BCUT2D eigenvalue weighted by Crippen LogP contribution is -2.17. The Hall–Kier alpha value is -2.04. The number of amides is 1. The maximum Gasteiger partial charge on any atom is 0.333 e. The van der Waals surface area contributed by atoms with E-state index in [1.807, 2.05) is 6.92 Å². The summed E-state index contributed by atoms with van der Waals surface area (Å²) in [4.78, 5) is 21.3. The van der Waals surface area contributed by atoms with Gasteiger partial charge in [-0.3, -0.25) is 9.88 Å². The van der Waals surface area contributed by atoms with Crippen molar-refractivity contribution in [3.05, 3.63) is 47.1 Å². The van der Waals surface area contributed by atoms with Gasteiger partial charge in [0.05, 0.1) is 15.5 Å². The molecule has 0 spiro atoms. The van der Waals surface area contributed by atoms with Crippen molar-refractivity contribution in [3.63, 3.8) is 0 Å². The van der Waals surface area contributed by atoms with Gasteiger partial charge in [-0.05, 0) is 40.5 Å². The van der Waals surface area contributed by atoms with Crippen LogP contribution in [-0.2, 0) is 9.84 Å². The number of aromatic nitrogens is 3. The molecule has 0 radical (unpaired) electrons. The molecule has 0 aliphatic carbocycles. The zero-order valence-corrected chi connectivity index (χ0v) is 16.4. The Balaban J connectivity index is 1.90. The molecule has 0 saturated carbocycles. The summed E-state index contributed by atoms with van der Waals surface area (Å²) in [6.45, 7) is 1.83. The Morgan fingerprint density at radius 3 is 2.72 bits per heavy atom. The molecule has 10 heteroatoms. The highest BCUT2D eigenvalue weighted by Crippen LogP contribution is 2.35. The Morgan fingerprint density at radius 1 is 1.36 bits per heavy atom. The maximum atomic E-state index is 12.0. The van der Waals surface area contributed by atoms with E-state index in [9.17, 15) is 13.2 Å². The van der Waals surface area contributed by atoms with Gasteiger partial charge in [-0.15, -0.1) is 0 Å². The molecule has 0 aliphatic rings. The predicted molar refractivity (Wildman–Crippen MR) is 99.7 cm³/mol. The van der Waals surface area contributed by atoms with Crippen molar-refractivity contribution in [1.82, 2.24) is 14.5 Å². The van der Waals surface area contributed by atoms with Crippen LogP contribution in [0, 0.1) is 6.92 Å². The van der Waals surface area contributed by atoms with Crippen molar-refractivity contribution >= 4 is 48.3 Å². The molecule has 1 amide bonds. The van der Waals surface area contributed by atoms with E-state index in [-0.39, 0.29) is 10.9 Å². The van der Waals surface area contributed by atoms with Gasteiger partial charge in [0, 0.05) is 23.1 Å². The summed E-state index contributed by atoms with van der Waals surface area (Å²) < 4.78 is 25.2. The molecule has 1 aromatic carbocycles. The summed E-state index contributed by atoms with van der Waals surface area (Å²) in [5.41, 5.74) is 1.56. The highest BCUT2D eigenvalue weighted by Gasteiger charge is 2.16. The summed E-state index contributed by atoms with van der Waals surface area (Å²) in [6.07, 6.45) is 5.61. The van der Waals surface area contributed by atoms with E-state index < -0.39 is 9.84 Å². The first-order chi connectivity index (χ1) is 11.8. The van der Waals surface area contributed by atoms with E-state index in [1.54, 1.807) is 18.2 Å². The van der Waals surface area contributed by atoms with Crippen molar-refractivity contribution in [1.29, 1.82) is 0 Å². The highest BCUT2D eigenvalue weighted by atomic mass is 79.9. The van der Waals surface area contributed by atoms with Crippen LogP contribution in [0.15, 0.2) is 46.3 Å². The molecule has 1 N–H and O–H groups in total. The first-order valence-electron chi connectivity index (χ1n) is 7.02. The second-order valence-corrected chi connectivity index (χ2v) is 9.09. The number of hydrogen-bond acceptors (Lipinski definition) is 6. The SMILES string of the molecule is Cc1nc(NC(=O)n2ccnc2)sc1-c1ccc(S(C)(=O)=O)c(Br)c1. The second-order valence-electron chi connectivity index (χ2n) is 5.25. The summed E-state index contributed by atoms with van der Waals surface area (Å²) in [6, 6.07) is 4.66. The van der Waals surface area contributed by atoms with E-state index in [0.29, 0.717) is 9.60 Å². The van der Waals surface area contributed by atoms with Gasteiger partial charge < -0.3 is 0 Å². The van der Waals surface area contributed by atoms with Crippen LogP contribution in [0.3, 0.4) is 0 Å². The molecule has 0 unspecified atom stereocenters. The molecule has 130 valence electrons. The summed E-state index contributed by atoms with van der Waals surface area (Å²) >= 11 is 4.62. The lowest BCUT2D eigenvalue weighted by molar-refractivity contribution is 0.253. The number of imidazole rings is 1. The van der Waals surface area contributed by atoms with Gasteiger partial charge in [0.1, 0.15) is 6.33 Å². The number of aryl methyl sites for hydroxylation is 1. The van der Waals surface area contributed by atoms with Gasteiger partial charge in [0.15, 0.2) is 15.0 Å². The number of carbonyl (C=O) groups is 1. The van der Waals surface area contributed by atoms with Crippen LogP contribution in [0.5, 0.6) is 0 Å². The Kier molecular flexibility index (Phi) is 4.76. The number of thiazole rings is 1. The van der Waals surface area contributed by atoms with Crippen molar-refractivity contribution in [2.75, 3.05) is 11.6 Å². The molecule has 7 nitrogen and oxygen atoms in total. The number of hydrogen-bond donors (Lipinski definition) is 1. The average molecular weight is 441 g/mol. The van der Waals surface area contributed by atoms with Crippen LogP contribution in [0.4, 0.5) is 9.93 Å². The van der Waals surface area contributed by atoms with Gasteiger partial charge in [-0.1, -0.05) is 17.4 Å². The number of rotatable bonds is 3.